The third-order valence-electron chi connectivity index (χ3n) is 2.99. The number of hydrogen-bond acceptors (Lipinski definition) is 5. The Kier molecular flexibility index (Phi) is 6.51. The van der Waals surface area contributed by atoms with Crippen LogP contribution in [0.2, 0.25) is 5.02 Å². The zero-order valence-electron chi connectivity index (χ0n) is 12.5. The Morgan fingerprint density at radius 2 is 2.00 bits per heavy atom. The highest BCUT2D eigenvalue weighted by atomic mass is 35.5. The van der Waals surface area contributed by atoms with Crippen LogP contribution < -0.4 is 10.6 Å². The Hall–Kier alpha value is -2.67. The summed E-state index contributed by atoms with van der Waals surface area (Å²) in [6.45, 7) is 0.0454. The zero-order valence-corrected chi connectivity index (χ0v) is 14.1. The molecule has 1 amide bonds. The lowest BCUT2D eigenvalue weighted by Gasteiger charge is -2.11. The number of benzene rings is 2. The first-order chi connectivity index (χ1) is 11.6. The highest BCUT2D eigenvalue weighted by molar-refractivity contribution is 7.99. The van der Waals surface area contributed by atoms with Crippen molar-refractivity contribution in [2.24, 2.45) is 0 Å². The van der Waals surface area contributed by atoms with Gasteiger partial charge in [0.1, 0.15) is 6.07 Å². The number of hydrogen-bond donors (Lipinski definition) is 2. The Morgan fingerprint density at radius 1 is 1.21 bits per heavy atom. The fourth-order valence-electron chi connectivity index (χ4n) is 1.90. The van der Waals surface area contributed by atoms with E-state index in [1.54, 1.807) is 24.3 Å². The molecule has 2 N–H and O–H groups in total. The van der Waals surface area contributed by atoms with Crippen LogP contribution in [0, 0.1) is 22.7 Å². The van der Waals surface area contributed by atoms with Crippen LogP contribution in [0.25, 0.3) is 0 Å². The van der Waals surface area contributed by atoms with Crippen LogP contribution in [0.4, 0.5) is 11.4 Å². The van der Waals surface area contributed by atoms with Gasteiger partial charge >= 0.3 is 0 Å². The second-order valence-electron chi connectivity index (χ2n) is 4.65. The number of nitrogens with zero attached hydrogens (tertiary/aromatic N) is 2. The molecule has 2 aromatic rings. The summed E-state index contributed by atoms with van der Waals surface area (Å²) >= 11 is 7.23. The third kappa shape index (κ3) is 4.92. The van der Waals surface area contributed by atoms with Crippen molar-refractivity contribution in [2.75, 3.05) is 22.9 Å². The quantitative estimate of drug-likeness (QED) is 0.767. The van der Waals surface area contributed by atoms with Gasteiger partial charge in [0.15, 0.2) is 0 Å². The number of nitrogens with one attached hydrogen (secondary N) is 2. The van der Waals surface area contributed by atoms with Gasteiger partial charge in [0.05, 0.1) is 34.6 Å². The first-order valence-electron chi connectivity index (χ1n) is 6.96. The summed E-state index contributed by atoms with van der Waals surface area (Å²) in [6.07, 6.45) is 0. The predicted molar refractivity (Wildman–Crippen MR) is 96.1 cm³/mol. The van der Waals surface area contributed by atoms with Crippen molar-refractivity contribution in [3.8, 4) is 12.1 Å². The van der Waals surface area contributed by atoms with Crippen molar-refractivity contribution in [1.29, 1.82) is 10.5 Å². The van der Waals surface area contributed by atoms with Gasteiger partial charge in [-0.05, 0) is 30.3 Å². The minimum Gasteiger partial charge on any atom is -0.376 e. The number of carbonyl (C=O) groups excluding carboxylic acids is 1. The maximum Gasteiger partial charge on any atom is 0.243 e. The number of halogens is 1. The van der Waals surface area contributed by atoms with Crippen molar-refractivity contribution in [3.63, 3.8) is 0 Å². The first kappa shape index (κ1) is 17.7. The SMILES string of the molecule is N#CCSc1ccccc1NC(=O)CNc1ccc(Cl)c(C#N)c1. The molecule has 0 spiro atoms. The van der Waals surface area contributed by atoms with E-state index in [4.69, 9.17) is 22.1 Å². The highest BCUT2D eigenvalue weighted by Gasteiger charge is 2.08. The molecule has 120 valence electrons. The number of thioether (sulfide) groups is 1. The van der Waals surface area contributed by atoms with Crippen LogP contribution in [0.3, 0.4) is 0 Å². The number of carbonyl (C=O) groups is 1. The van der Waals surface area contributed by atoms with E-state index in [0.29, 0.717) is 27.7 Å². The molecular weight excluding hydrogens is 344 g/mol. The van der Waals surface area contributed by atoms with Crippen molar-refractivity contribution < 1.29 is 4.79 Å². The molecule has 24 heavy (non-hydrogen) atoms. The van der Waals surface area contributed by atoms with Crippen molar-refractivity contribution in [1.82, 2.24) is 0 Å². The van der Waals surface area contributed by atoms with Crippen LogP contribution >= 0.6 is 23.4 Å². The van der Waals surface area contributed by atoms with E-state index in [1.165, 1.54) is 11.8 Å². The van der Waals surface area contributed by atoms with E-state index in [9.17, 15) is 4.79 Å². The molecule has 0 saturated heterocycles. The fraction of sp³-hybridized carbons (Fsp3) is 0.118. The fourth-order valence-corrected chi connectivity index (χ4v) is 2.73. The molecule has 2 rings (SSSR count). The van der Waals surface area contributed by atoms with E-state index < -0.39 is 0 Å². The van der Waals surface area contributed by atoms with Crippen LogP contribution in [0.15, 0.2) is 47.4 Å². The molecule has 0 unspecified atom stereocenters. The molecular formula is C17H13ClN4OS. The van der Waals surface area contributed by atoms with E-state index in [2.05, 4.69) is 16.7 Å². The molecule has 5 nitrogen and oxygen atoms in total. The summed E-state index contributed by atoms with van der Waals surface area (Å²) in [4.78, 5) is 12.9. The van der Waals surface area contributed by atoms with Crippen molar-refractivity contribution in [2.45, 2.75) is 4.90 Å². The van der Waals surface area contributed by atoms with E-state index >= 15 is 0 Å². The molecule has 7 heteroatoms. The lowest BCUT2D eigenvalue weighted by Crippen LogP contribution is -2.22. The summed E-state index contributed by atoms with van der Waals surface area (Å²) in [6, 6.07) is 16.2. The number of rotatable bonds is 6. The molecule has 0 radical (unpaired) electrons. The van der Waals surface area contributed by atoms with E-state index in [-0.39, 0.29) is 12.5 Å². The summed E-state index contributed by atoms with van der Waals surface area (Å²) in [5.41, 5.74) is 1.65. The minimum absolute atomic E-state index is 0.0454. The van der Waals surface area contributed by atoms with Gasteiger partial charge in [-0.25, -0.2) is 0 Å². The molecule has 0 atom stereocenters. The van der Waals surface area contributed by atoms with Gasteiger partial charge in [-0.15, -0.1) is 11.8 Å². The molecule has 0 fully saturated rings. The monoisotopic (exact) mass is 356 g/mol. The average Bonchev–Trinajstić information content (AvgIpc) is 2.60. The summed E-state index contributed by atoms with van der Waals surface area (Å²) in [7, 11) is 0. The third-order valence-corrected chi connectivity index (χ3v) is 4.26. The predicted octanol–water partition coefficient (Wildman–Crippen LogP) is 3.88. The topological polar surface area (TPSA) is 88.7 Å². The number of para-hydroxylation sites is 1. The Balaban J connectivity index is 1.97. The van der Waals surface area contributed by atoms with Gasteiger partial charge in [-0.2, -0.15) is 10.5 Å². The maximum atomic E-state index is 12.1. The van der Waals surface area contributed by atoms with Gasteiger partial charge in [-0.3, -0.25) is 4.79 Å². The van der Waals surface area contributed by atoms with Gasteiger partial charge in [0.25, 0.3) is 0 Å². The summed E-state index contributed by atoms with van der Waals surface area (Å²) in [5.74, 6) is 0.0841. The lowest BCUT2D eigenvalue weighted by molar-refractivity contribution is -0.114. The standard InChI is InChI=1S/C17H13ClN4OS/c18-14-6-5-13(9-12(14)10-20)21-11-17(23)22-15-3-1-2-4-16(15)24-8-7-19/h1-6,9,21H,8,11H2,(H,22,23). The Morgan fingerprint density at radius 3 is 2.75 bits per heavy atom. The maximum absolute atomic E-state index is 12.1. The molecule has 0 bridgehead atoms. The molecule has 0 aliphatic heterocycles. The second-order valence-corrected chi connectivity index (χ2v) is 6.08. The van der Waals surface area contributed by atoms with Gasteiger partial charge in [0, 0.05) is 10.6 Å². The van der Waals surface area contributed by atoms with Crippen LogP contribution in [0.5, 0.6) is 0 Å². The lowest BCUT2D eigenvalue weighted by atomic mass is 10.2. The Bertz CT molecular complexity index is 826. The smallest absolute Gasteiger partial charge is 0.243 e. The molecule has 2 aromatic carbocycles. The number of amides is 1. The minimum atomic E-state index is -0.228. The number of anilines is 2. The first-order valence-corrected chi connectivity index (χ1v) is 8.32. The highest BCUT2D eigenvalue weighted by Crippen LogP contribution is 2.26. The summed E-state index contributed by atoms with van der Waals surface area (Å²) < 4.78 is 0. The molecule has 0 heterocycles. The second kappa shape index (κ2) is 8.83. The largest absolute Gasteiger partial charge is 0.376 e. The Labute approximate surface area is 149 Å². The van der Waals surface area contributed by atoms with Crippen LogP contribution in [-0.2, 0) is 4.79 Å². The summed E-state index contributed by atoms with van der Waals surface area (Å²) in [5, 5.41) is 23.7. The molecule has 0 aliphatic carbocycles. The van der Waals surface area contributed by atoms with Crippen molar-refractivity contribution >= 4 is 40.6 Å². The average molecular weight is 357 g/mol. The van der Waals surface area contributed by atoms with Gasteiger partial charge < -0.3 is 10.6 Å². The molecule has 0 aromatic heterocycles. The van der Waals surface area contributed by atoms with Crippen LogP contribution in [-0.4, -0.2) is 18.2 Å². The van der Waals surface area contributed by atoms with E-state index in [1.807, 2.05) is 24.3 Å². The normalized spacial score (nSPS) is 9.62. The zero-order chi connectivity index (χ0) is 17.4. The number of nitriles is 2. The van der Waals surface area contributed by atoms with Crippen molar-refractivity contribution in [3.05, 3.63) is 53.1 Å². The van der Waals surface area contributed by atoms with Gasteiger partial charge in [0.2, 0.25) is 5.91 Å². The van der Waals surface area contributed by atoms with Crippen LogP contribution in [0.1, 0.15) is 5.56 Å². The van der Waals surface area contributed by atoms with E-state index in [0.717, 1.165) is 4.90 Å². The van der Waals surface area contributed by atoms with Gasteiger partial charge in [-0.1, -0.05) is 23.7 Å². The molecule has 0 aliphatic rings. The molecule has 0 saturated carbocycles.